The van der Waals surface area contributed by atoms with Crippen molar-refractivity contribution in [3.05, 3.63) is 28.8 Å². The van der Waals surface area contributed by atoms with Crippen LogP contribution < -0.4 is 10.5 Å². The summed E-state index contributed by atoms with van der Waals surface area (Å²) in [6, 6.07) is 3.73. The fourth-order valence-electron chi connectivity index (χ4n) is 2.54. The largest absolute Gasteiger partial charge is 0.573 e. The molecule has 2 unspecified atom stereocenters. The molecule has 7 heteroatoms. The molecule has 0 aliphatic heterocycles. The van der Waals surface area contributed by atoms with Gasteiger partial charge in [-0.3, -0.25) is 0 Å². The Kier molecular flexibility index (Phi) is 4.18. The number of ether oxygens (including phenoxy) is 1. The molecule has 0 bridgehead atoms. The average Bonchev–Trinajstić information content (AvgIpc) is 2.30. The van der Waals surface area contributed by atoms with Crippen LogP contribution in [-0.2, 0) is 5.54 Å². The summed E-state index contributed by atoms with van der Waals surface area (Å²) in [6.45, 7) is 0. The Balaban J connectivity index is 2.36. The second kappa shape index (κ2) is 5.42. The van der Waals surface area contributed by atoms with Gasteiger partial charge in [0.2, 0.25) is 0 Å². The van der Waals surface area contributed by atoms with Crippen molar-refractivity contribution < 1.29 is 23.0 Å². The highest BCUT2D eigenvalue weighted by Crippen LogP contribution is 2.38. The Morgan fingerprint density at radius 3 is 2.60 bits per heavy atom. The lowest BCUT2D eigenvalue weighted by molar-refractivity contribution is -0.274. The molecule has 112 valence electrons. The molecule has 3 N–H and O–H groups in total. The molecule has 0 spiro atoms. The number of hydrogen-bond acceptors (Lipinski definition) is 3. The molecule has 1 aromatic rings. The zero-order valence-electron chi connectivity index (χ0n) is 10.6. The van der Waals surface area contributed by atoms with Crippen molar-refractivity contribution in [2.75, 3.05) is 0 Å². The highest BCUT2D eigenvalue weighted by Gasteiger charge is 2.39. The van der Waals surface area contributed by atoms with Gasteiger partial charge in [0.1, 0.15) is 5.75 Å². The van der Waals surface area contributed by atoms with Gasteiger partial charge in [-0.25, -0.2) is 0 Å². The minimum Gasteiger partial charge on any atom is -0.406 e. The number of benzene rings is 1. The first-order valence-electron chi connectivity index (χ1n) is 6.24. The SMILES string of the molecule is NC1(c2cc(Cl)cc(OC(F)(F)F)c2)CCCCC1O. The molecular weight excluding hydrogens is 295 g/mol. The van der Waals surface area contributed by atoms with Crippen molar-refractivity contribution in [2.24, 2.45) is 5.73 Å². The lowest BCUT2D eigenvalue weighted by atomic mass is 9.75. The van der Waals surface area contributed by atoms with E-state index in [1.54, 1.807) is 0 Å². The molecule has 0 amide bonds. The van der Waals surface area contributed by atoms with Gasteiger partial charge < -0.3 is 15.6 Å². The minimum atomic E-state index is -4.80. The number of alkyl halides is 3. The number of rotatable bonds is 2. The monoisotopic (exact) mass is 309 g/mol. The maximum atomic E-state index is 12.3. The van der Waals surface area contributed by atoms with Gasteiger partial charge in [0.05, 0.1) is 11.6 Å². The van der Waals surface area contributed by atoms with Crippen LogP contribution in [0.25, 0.3) is 0 Å². The molecule has 2 rings (SSSR count). The van der Waals surface area contributed by atoms with Crippen LogP contribution in [0.3, 0.4) is 0 Å². The Bertz CT molecular complexity index is 495. The van der Waals surface area contributed by atoms with E-state index in [4.69, 9.17) is 17.3 Å². The average molecular weight is 310 g/mol. The molecule has 1 saturated carbocycles. The smallest absolute Gasteiger partial charge is 0.406 e. The summed E-state index contributed by atoms with van der Waals surface area (Å²) in [5.74, 6) is -0.428. The highest BCUT2D eigenvalue weighted by molar-refractivity contribution is 6.30. The van der Waals surface area contributed by atoms with E-state index < -0.39 is 23.8 Å². The third-order valence-electron chi connectivity index (χ3n) is 3.55. The summed E-state index contributed by atoms with van der Waals surface area (Å²) in [4.78, 5) is 0. The number of halogens is 4. The van der Waals surface area contributed by atoms with Gasteiger partial charge in [0.15, 0.2) is 0 Å². The van der Waals surface area contributed by atoms with E-state index >= 15 is 0 Å². The first-order chi connectivity index (χ1) is 9.21. The van der Waals surface area contributed by atoms with Crippen LogP contribution in [0.5, 0.6) is 5.75 Å². The Hall–Kier alpha value is -0.980. The summed E-state index contributed by atoms with van der Waals surface area (Å²) in [5, 5.41) is 10.2. The van der Waals surface area contributed by atoms with Gasteiger partial charge in [-0.1, -0.05) is 24.4 Å². The summed E-state index contributed by atoms with van der Waals surface area (Å²) < 4.78 is 40.7. The predicted octanol–water partition coefficient (Wildman–Crippen LogP) is 3.33. The van der Waals surface area contributed by atoms with Gasteiger partial charge in [-0.2, -0.15) is 0 Å². The first-order valence-corrected chi connectivity index (χ1v) is 6.62. The van der Waals surface area contributed by atoms with Gasteiger partial charge >= 0.3 is 6.36 Å². The van der Waals surface area contributed by atoms with Crippen LogP contribution in [0.15, 0.2) is 18.2 Å². The van der Waals surface area contributed by atoms with E-state index in [0.29, 0.717) is 18.4 Å². The third-order valence-corrected chi connectivity index (χ3v) is 3.77. The van der Waals surface area contributed by atoms with Crippen LogP contribution in [0, 0.1) is 0 Å². The molecular formula is C13H15ClF3NO2. The van der Waals surface area contributed by atoms with Crippen molar-refractivity contribution in [3.8, 4) is 5.75 Å². The molecule has 3 nitrogen and oxygen atoms in total. The Morgan fingerprint density at radius 1 is 1.30 bits per heavy atom. The number of hydrogen-bond donors (Lipinski definition) is 2. The Morgan fingerprint density at radius 2 is 2.00 bits per heavy atom. The Labute approximate surface area is 119 Å². The molecule has 20 heavy (non-hydrogen) atoms. The standard InChI is InChI=1S/C13H15ClF3NO2/c14-9-5-8(6-10(7-9)20-13(15,16)17)12(18)4-2-1-3-11(12)19/h5-7,11,19H,1-4,18H2. The number of nitrogens with two attached hydrogens (primary N) is 1. The van der Waals surface area contributed by atoms with Crippen molar-refractivity contribution in [2.45, 2.75) is 43.7 Å². The van der Waals surface area contributed by atoms with Gasteiger partial charge in [-0.15, -0.1) is 13.2 Å². The van der Waals surface area contributed by atoms with Crippen LogP contribution in [0.1, 0.15) is 31.2 Å². The second-order valence-corrected chi connectivity index (χ2v) is 5.46. The molecule has 0 heterocycles. The molecule has 0 aromatic heterocycles. The maximum Gasteiger partial charge on any atom is 0.573 e. The quantitative estimate of drug-likeness (QED) is 0.881. The van der Waals surface area contributed by atoms with E-state index in [2.05, 4.69) is 4.74 Å². The van der Waals surface area contributed by atoms with E-state index in [0.717, 1.165) is 18.9 Å². The third kappa shape index (κ3) is 3.37. The molecule has 0 saturated heterocycles. The van der Waals surface area contributed by atoms with Crippen LogP contribution in [0.2, 0.25) is 5.02 Å². The minimum absolute atomic E-state index is 0.0874. The molecule has 1 aromatic carbocycles. The normalized spacial score (nSPS) is 27.4. The number of aliphatic hydroxyl groups is 1. The summed E-state index contributed by atoms with van der Waals surface area (Å²) in [5.41, 5.74) is 5.45. The van der Waals surface area contributed by atoms with Gasteiger partial charge in [0, 0.05) is 5.02 Å². The topological polar surface area (TPSA) is 55.5 Å². The van der Waals surface area contributed by atoms with Crippen molar-refractivity contribution in [1.82, 2.24) is 0 Å². The first kappa shape index (κ1) is 15.4. The molecule has 1 aliphatic carbocycles. The van der Waals surface area contributed by atoms with Crippen LogP contribution in [-0.4, -0.2) is 17.6 Å². The van der Waals surface area contributed by atoms with E-state index in [1.807, 2.05) is 0 Å². The maximum absolute atomic E-state index is 12.3. The van der Waals surface area contributed by atoms with E-state index in [9.17, 15) is 18.3 Å². The zero-order valence-corrected chi connectivity index (χ0v) is 11.3. The highest BCUT2D eigenvalue weighted by atomic mass is 35.5. The summed E-state index contributed by atoms with van der Waals surface area (Å²) >= 11 is 5.82. The molecule has 1 aliphatic rings. The van der Waals surface area contributed by atoms with Crippen molar-refractivity contribution in [1.29, 1.82) is 0 Å². The fraction of sp³-hybridized carbons (Fsp3) is 0.538. The molecule has 0 radical (unpaired) electrons. The molecule has 2 atom stereocenters. The van der Waals surface area contributed by atoms with Crippen molar-refractivity contribution >= 4 is 11.6 Å². The fourth-order valence-corrected chi connectivity index (χ4v) is 2.77. The van der Waals surface area contributed by atoms with Crippen molar-refractivity contribution in [3.63, 3.8) is 0 Å². The lowest BCUT2D eigenvalue weighted by Crippen LogP contribution is -2.49. The van der Waals surface area contributed by atoms with Crippen LogP contribution in [0.4, 0.5) is 13.2 Å². The molecule has 1 fully saturated rings. The van der Waals surface area contributed by atoms with Crippen LogP contribution >= 0.6 is 11.6 Å². The van der Waals surface area contributed by atoms with Gasteiger partial charge in [-0.05, 0) is 36.6 Å². The second-order valence-electron chi connectivity index (χ2n) is 5.03. The summed E-state index contributed by atoms with van der Waals surface area (Å²) in [6.07, 6.45) is -2.97. The predicted molar refractivity (Wildman–Crippen MR) is 68.5 cm³/mol. The lowest BCUT2D eigenvalue weighted by Gasteiger charge is -2.38. The van der Waals surface area contributed by atoms with Gasteiger partial charge in [0.25, 0.3) is 0 Å². The zero-order chi connectivity index (χ0) is 15.0. The number of aliphatic hydroxyl groups excluding tert-OH is 1. The summed E-state index contributed by atoms with van der Waals surface area (Å²) in [7, 11) is 0. The van der Waals surface area contributed by atoms with E-state index in [-0.39, 0.29) is 5.02 Å². The van der Waals surface area contributed by atoms with E-state index in [1.165, 1.54) is 12.1 Å².